The van der Waals surface area contributed by atoms with Crippen LogP contribution in [0.15, 0.2) is 26.7 Å². The minimum Gasteiger partial charge on any atom is -0.492 e. The van der Waals surface area contributed by atoms with Crippen LogP contribution in [0.2, 0.25) is 0 Å². The van der Waals surface area contributed by atoms with Gasteiger partial charge in [0.1, 0.15) is 5.75 Å². The average molecular weight is 405 g/mol. The van der Waals surface area contributed by atoms with Gasteiger partial charge in [-0.25, -0.2) is 0 Å². The second-order valence-corrected chi connectivity index (χ2v) is 6.66. The Hall–Kier alpha value is -0.320. The second kappa shape index (κ2) is 8.85. The molecule has 0 aromatic heterocycles. The van der Waals surface area contributed by atoms with E-state index in [4.69, 9.17) is 4.74 Å². The minimum absolute atomic E-state index is 0.501. The minimum atomic E-state index is 0.501. The number of nitrogens with one attached hydrogen (secondary N) is 1. The Labute approximate surface area is 139 Å². The lowest BCUT2D eigenvalue weighted by Crippen LogP contribution is -2.18. The highest BCUT2D eigenvalue weighted by atomic mass is 79.9. The van der Waals surface area contributed by atoms with Gasteiger partial charge >= 0.3 is 0 Å². The van der Waals surface area contributed by atoms with Crippen molar-refractivity contribution in [2.45, 2.75) is 27.7 Å². The quantitative estimate of drug-likeness (QED) is 0.669. The second-order valence-electron chi connectivity index (χ2n) is 4.89. The molecule has 0 aliphatic heterocycles. The Kier molecular flexibility index (Phi) is 7.85. The summed E-state index contributed by atoms with van der Waals surface area (Å²) in [5.74, 6) is 1.41. The van der Waals surface area contributed by atoms with Crippen LogP contribution >= 0.6 is 31.9 Å². The molecule has 1 rings (SSSR count). The van der Waals surface area contributed by atoms with Crippen LogP contribution in [0.1, 0.15) is 33.3 Å². The van der Waals surface area contributed by atoms with Gasteiger partial charge in [0.2, 0.25) is 0 Å². The van der Waals surface area contributed by atoms with Crippen molar-refractivity contribution in [3.8, 4) is 5.75 Å². The third kappa shape index (κ3) is 5.23. The first-order chi connectivity index (χ1) is 9.49. The van der Waals surface area contributed by atoms with E-state index in [-0.39, 0.29) is 0 Å². The van der Waals surface area contributed by atoms with Crippen molar-refractivity contribution < 1.29 is 4.74 Å². The molecule has 0 fully saturated rings. The first-order valence-electron chi connectivity index (χ1n) is 7.02. The Balaban J connectivity index is 3.20. The Morgan fingerprint density at radius 2 is 2.00 bits per heavy atom. The van der Waals surface area contributed by atoms with Crippen LogP contribution in [0.5, 0.6) is 5.75 Å². The number of hydrogen-bond acceptors (Lipinski definition) is 2. The molecule has 0 unspecified atom stereocenters. The van der Waals surface area contributed by atoms with Crippen molar-refractivity contribution in [2.24, 2.45) is 5.92 Å². The maximum atomic E-state index is 5.78. The van der Waals surface area contributed by atoms with Gasteiger partial charge < -0.3 is 10.1 Å². The normalized spacial score (nSPS) is 12.1. The molecule has 1 aromatic carbocycles. The highest BCUT2D eigenvalue weighted by Crippen LogP contribution is 2.34. The summed E-state index contributed by atoms with van der Waals surface area (Å²) >= 11 is 7.13. The number of likely N-dealkylation sites (N-methyl/N-ethyl adjacent to an activating group) is 1. The molecule has 20 heavy (non-hydrogen) atoms. The lowest BCUT2D eigenvalue weighted by molar-refractivity contribution is 0.337. The molecule has 2 nitrogen and oxygen atoms in total. The summed E-state index contributed by atoms with van der Waals surface area (Å²) in [5, 5.41) is 3.40. The first-order valence-corrected chi connectivity index (χ1v) is 8.61. The number of benzene rings is 1. The molecule has 0 saturated carbocycles. The Morgan fingerprint density at radius 1 is 1.30 bits per heavy atom. The van der Waals surface area contributed by atoms with Crippen LogP contribution in [-0.4, -0.2) is 19.7 Å². The lowest BCUT2D eigenvalue weighted by atomic mass is 10.00. The molecule has 0 amide bonds. The van der Waals surface area contributed by atoms with Crippen molar-refractivity contribution >= 4 is 37.9 Å². The van der Waals surface area contributed by atoms with Gasteiger partial charge in [0.05, 0.1) is 11.1 Å². The smallest absolute Gasteiger partial charge is 0.140 e. The standard InChI is InChI=1S/C16H23Br2NO/c1-5-19-10-13(11(3)4)7-12-8-14(17)9-15(18)16(12)20-6-2/h7-9,11,19H,5-6,10H2,1-4H3. The van der Waals surface area contributed by atoms with E-state index >= 15 is 0 Å². The summed E-state index contributed by atoms with van der Waals surface area (Å²) in [5.41, 5.74) is 2.48. The van der Waals surface area contributed by atoms with Gasteiger partial charge in [-0.2, -0.15) is 0 Å². The molecule has 4 heteroatoms. The first kappa shape index (κ1) is 17.7. The van der Waals surface area contributed by atoms with Gasteiger partial charge in [0.15, 0.2) is 0 Å². The molecule has 1 aromatic rings. The summed E-state index contributed by atoms with van der Waals surface area (Å²) in [6.07, 6.45) is 2.23. The summed E-state index contributed by atoms with van der Waals surface area (Å²) in [6, 6.07) is 4.12. The average Bonchev–Trinajstić information content (AvgIpc) is 2.37. The van der Waals surface area contributed by atoms with E-state index in [9.17, 15) is 0 Å². The zero-order valence-corrected chi connectivity index (χ0v) is 15.8. The molecular weight excluding hydrogens is 382 g/mol. The van der Waals surface area contributed by atoms with E-state index in [1.54, 1.807) is 0 Å². The zero-order valence-electron chi connectivity index (χ0n) is 12.6. The molecule has 0 atom stereocenters. The van der Waals surface area contributed by atoms with E-state index in [0.29, 0.717) is 12.5 Å². The topological polar surface area (TPSA) is 21.3 Å². The number of hydrogen-bond donors (Lipinski definition) is 1. The van der Waals surface area contributed by atoms with Crippen LogP contribution in [-0.2, 0) is 0 Å². The summed E-state index contributed by atoms with van der Waals surface area (Å²) in [7, 11) is 0. The van der Waals surface area contributed by atoms with Crippen molar-refractivity contribution in [3.63, 3.8) is 0 Å². The number of ether oxygens (including phenoxy) is 1. The van der Waals surface area contributed by atoms with E-state index in [2.05, 4.69) is 70.1 Å². The Bertz CT molecular complexity index is 470. The molecule has 0 aliphatic carbocycles. The maximum Gasteiger partial charge on any atom is 0.140 e. The van der Waals surface area contributed by atoms with Crippen molar-refractivity contribution in [1.82, 2.24) is 5.32 Å². The van der Waals surface area contributed by atoms with E-state index in [1.165, 1.54) is 5.57 Å². The maximum absolute atomic E-state index is 5.78. The predicted octanol–water partition coefficient (Wildman–Crippen LogP) is 5.26. The third-order valence-corrected chi connectivity index (χ3v) is 4.03. The van der Waals surface area contributed by atoms with Gasteiger partial charge in [0, 0.05) is 16.6 Å². The summed E-state index contributed by atoms with van der Waals surface area (Å²) in [4.78, 5) is 0. The molecule has 112 valence electrons. The fraction of sp³-hybridized carbons (Fsp3) is 0.500. The van der Waals surface area contributed by atoms with Gasteiger partial charge in [-0.15, -0.1) is 0 Å². The molecule has 0 heterocycles. The zero-order chi connectivity index (χ0) is 15.1. The molecule has 0 spiro atoms. The molecule has 0 saturated heterocycles. The Morgan fingerprint density at radius 3 is 2.55 bits per heavy atom. The summed E-state index contributed by atoms with van der Waals surface area (Å²) < 4.78 is 7.80. The highest BCUT2D eigenvalue weighted by molar-refractivity contribution is 9.11. The number of halogens is 2. The van der Waals surface area contributed by atoms with Crippen LogP contribution < -0.4 is 10.1 Å². The van der Waals surface area contributed by atoms with Gasteiger partial charge in [-0.1, -0.05) is 48.4 Å². The van der Waals surface area contributed by atoms with Crippen LogP contribution in [0.25, 0.3) is 6.08 Å². The largest absolute Gasteiger partial charge is 0.492 e. The van der Waals surface area contributed by atoms with Crippen LogP contribution in [0.4, 0.5) is 0 Å². The lowest BCUT2D eigenvalue weighted by Gasteiger charge is -2.15. The van der Waals surface area contributed by atoms with Gasteiger partial charge in [-0.3, -0.25) is 0 Å². The molecule has 0 radical (unpaired) electrons. The van der Waals surface area contributed by atoms with Crippen LogP contribution in [0, 0.1) is 5.92 Å². The van der Waals surface area contributed by atoms with E-state index < -0.39 is 0 Å². The predicted molar refractivity (Wildman–Crippen MR) is 94.4 cm³/mol. The van der Waals surface area contributed by atoms with Crippen LogP contribution in [0.3, 0.4) is 0 Å². The molecule has 0 bridgehead atoms. The van der Waals surface area contributed by atoms with Gasteiger partial charge in [0.25, 0.3) is 0 Å². The van der Waals surface area contributed by atoms with Crippen molar-refractivity contribution in [3.05, 3.63) is 32.2 Å². The summed E-state index contributed by atoms with van der Waals surface area (Å²) in [6.45, 7) is 11.1. The third-order valence-electron chi connectivity index (χ3n) is 2.99. The molecular formula is C16H23Br2NO. The van der Waals surface area contributed by atoms with Crippen molar-refractivity contribution in [2.75, 3.05) is 19.7 Å². The fourth-order valence-corrected chi connectivity index (χ4v) is 3.25. The van der Waals surface area contributed by atoms with E-state index in [0.717, 1.165) is 33.3 Å². The van der Waals surface area contributed by atoms with Crippen molar-refractivity contribution in [1.29, 1.82) is 0 Å². The SMILES string of the molecule is CCNCC(=Cc1cc(Br)cc(Br)c1OCC)C(C)C. The monoisotopic (exact) mass is 403 g/mol. The highest BCUT2D eigenvalue weighted by Gasteiger charge is 2.11. The fourth-order valence-electron chi connectivity index (χ4n) is 1.87. The molecule has 0 aliphatic rings. The van der Waals surface area contributed by atoms with E-state index in [1.807, 2.05) is 13.0 Å². The van der Waals surface area contributed by atoms with Gasteiger partial charge in [-0.05, 0) is 47.4 Å². The number of rotatable bonds is 7. The molecule has 1 N–H and O–H groups in total.